The van der Waals surface area contributed by atoms with Gasteiger partial charge in [0.25, 0.3) is 0 Å². The Morgan fingerprint density at radius 2 is 1.00 bits per heavy atom. The summed E-state index contributed by atoms with van der Waals surface area (Å²) < 4.78 is 8.55. The molecule has 0 aliphatic heterocycles. The smallest absolute Gasteiger partial charge is 0.822 e. The zero-order valence-corrected chi connectivity index (χ0v) is 13.1. The fourth-order valence-corrected chi connectivity index (χ4v) is 0. The van der Waals surface area contributed by atoms with Crippen LogP contribution in [-0.4, -0.2) is 0 Å². The van der Waals surface area contributed by atoms with Crippen molar-refractivity contribution in [1.82, 2.24) is 0 Å². The maximum absolute atomic E-state index is 8.55. The molecule has 0 aliphatic carbocycles. The van der Waals surface area contributed by atoms with Gasteiger partial charge in [0, 0.05) is 0 Å². The first-order valence-electron chi connectivity index (χ1n) is 0.730. The van der Waals surface area contributed by atoms with Gasteiger partial charge in [-0.1, -0.05) is 0 Å². The zero-order chi connectivity index (χ0) is 4.50. The van der Waals surface area contributed by atoms with Crippen LogP contribution in [0.5, 0.6) is 0 Å². The number of phosphoric acid groups is 1. The van der Waals surface area contributed by atoms with Crippen molar-refractivity contribution in [3.63, 3.8) is 0 Å². The molecule has 0 aromatic rings. The summed E-state index contributed by atoms with van der Waals surface area (Å²) in [5.41, 5.74) is 0. The van der Waals surface area contributed by atoms with Crippen molar-refractivity contribution in [3.05, 3.63) is 0 Å². The summed E-state index contributed by atoms with van der Waals surface area (Å²) in [7, 11) is -5.39. The maximum Gasteiger partial charge on any atom is 1.00 e. The standard InChI is InChI=1S/K.2Na.H3O4P/c;;;1-5(2,3)4/h;;;(H3,1,2,3,4)/q3*+1;/p-3. The minimum Gasteiger partial charge on any atom is -0.822 e. The van der Waals surface area contributed by atoms with Gasteiger partial charge in [-0.3, -0.25) is 0 Å². The van der Waals surface area contributed by atoms with E-state index in [9.17, 15) is 0 Å². The first-order valence-corrected chi connectivity index (χ1v) is 2.19. The molecule has 0 saturated heterocycles. The predicted molar refractivity (Wildman–Crippen MR) is 7.61 cm³/mol. The Kier molecular flexibility index (Phi) is 30.4. The first-order chi connectivity index (χ1) is 2.00. The van der Waals surface area contributed by atoms with Gasteiger partial charge in [-0.25, -0.2) is 0 Å². The van der Waals surface area contributed by atoms with E-state index < -0.39 is 7.82 Å². The molecule has 8 heavy (non-hydrogen) atoms. The average Bonchev–Trinajstić information content (AvgIpc) is 0.722. The van der Waals surface area contributed by atoms with E-state index in [2.05, 4.69) is 0 Å². The third-order valence-corrected chi connectivity index (χ3v) is 0. The molecule has 32 valence electrons. The SMILES string of the molecule is O=P([O-])([O-])[O-].[K+].[Na+].[Na+]. The van der Waals surface area contributed by atoms with Crippen molar-refractivity contribution < 1.29 is 130 Å². The molecule has 8 heteroatoms. The molecule has 0 radical (unpaired) electrons. The Morgan fingerprint density at radius 1 is 1.00 bits per heavy atom. The molecule has 0 spiro atoms. The van der Waals surface area contributed by atoms with Crippen LogP contribution in [0.25, 0.3) is 0 Å². The predicted octanol–water partition coefficient (Wildman–Crippen LogP) is -11.8. The van der Waals surface area contributed by atoms with E-state index in [1.807, 2.05) is 0 Å². The Hall–Kier alpha value is 3.75. The van der Waals surface area contributed by atoms with Crippen molar-refractivity contribution in [2.45, 2.75) is 0 Å². The summed E-state index contributed by atoms with van der Waals surface area (Å²) in [6.45, 7) is 0. The molecule has 0 saturated carbocycles. The Balaban J connectivity index is -0.0000000267. The third kappa shape index (κ3) is 53.1. The van der Waals surface area contributed by atoms with Crippen molar-refractivity contribution in [2.24, 2.45) is 0 Å². The second-order valence-electron chi connectivity index (χ2n) is 0.447. The Morgan fingerprint density at radius 3 is 1.00 bits per heavy atom. The van der Waals surface area contributed by atoms with Crippen LogP contribution in [0.3, 0.4) is 0 Å². The molecule has 0 amide bonds. The molecule has 0 bridgehead atoms. The molecule has 0 atom stereocenters. The summed E-state index contributed by atoms with van der Waals surface area (Å²) >= 11 is 0. The van der Waals surface area contributed by atoms with Crippen molar-refractivity contribution in [2.75, 3.05) is 0 Å². The van der Waals surface area contributed by atoms with Crippen LogP contribution >= 0.6 is 7.82 Å². The minimum atomic E-state index is -5.39. The van der Waals surface area contributed by atoms with Crippen LogP contribution < -0.4 is 125 Å². The van der Waals surface area contributed by atoms with Crippen LogP contribution in [0.1, 0.15) is 0 Å². The van der Waals surface area contributed by atoms with E-state index in [-0.39, 0.29) is 110 Å². The molecule has 4 nitrogen and oxygen atoms in total. The van der Waals surface area contributed by atoms with Gasteiger partial charge in [0.05, 0.1) is 0 Å². The van der Waals surface area contributed by atoms with E-state index in [1.165, 1.54) is 0 Å². The molecule has 0 heterocycles. The number of hydrogen-bond acceptors (Lipinski definition) is 4. The molecule has 0 rings (SSSR count). The van der Waals surface area contributed by atoms with E-state index in [1.54, 1.807) is 0 Å². The molecule has 0 aliphatic rings. The molecule has 0 aromatic heterocycles. The van der Waals surface area contributed by atoms with Gasteiger partial charge in [-0.2, -0.15) is 7.82 Å². The molecular weight excluding hydrogens is 180 g/mol. The minimum absolute atomic E-state index is 0. The normalized spacial score (nSPS) is 7.38. The zero-order valence-electron chi connectivity index (χ0n) is 5.08. The second-order valence-corrected chi connectivity index (χ2v) is 1.34. The van der Waals surface area contributed by atoms with Crippen LogP contribution in [0.15, 0.2) is 0 Å². The van der Waals surface area contributed by atoms with Crippen LogP contribution in [0, 0.1) is 0 Å². The van der Waals surface area contributed by atoms with Gasteiger partial charge in [-0.15, -0.1) is 0 Å². The second kappa shape index (κ2) is 10.7. The molecule has 0 aromatic carbocycles. The maximum atomic E-state index is 8.55. The average molecular weight is 180 g/mol. The summed E-state index contributed by atoms with van der Waals surface area (Å²) in [4.78, 5) is 25.6. The fraction of sp³-hybridized carbons (Fsp3) is 0. The molecular formula is KNa2O4P. The van der Waals surface area contributed by atoms with Crippen LogP contribution in [0.2, 0.25) is 0 Å². The quantitative estimate of drug-likeness (QED) is 0.273. The van der Waals surface area contributed by atoms with Gasteiger partial charge in [0.2, 0.25) is 0 Å². The van der Waals surface area contributed by atoms with Gasteiger partial charge >= 0.3 is 110 Å². The van der Waals surface area contributed by atoms with Gasteiger partial charge < -0.3 is 19.2 Å². The molecule has 0 fully saturated rings. The molecule has 0 unspecified atom stereocenters. The Labute approximate surface area is 134 Å². The Bertz CT molecular complexity index is 60.2. The topological polar surface area (TPSA) is 86.2 Å². The summed E-state index contributed by atoms with van der Waals surface area (Å²) in [6, 6.07) is 0. The summed E-state index contributed by atoms with van der Waals surface area (Å²) in [5.74, 6) is 0. The van der Waals surface area contributed by atoms with Gasteiger partial charge in [0.1, 0.15) is 0 Å². The van der Waals surface area contributed by atoms with Crippen molar-refractivity contribution in [3.8, 4) is 0 Å². The first kappa shape index (κ1) is 22.6. The van der Waals surface area contributed by atoms with Crippen LogP contribution in [-0.2, 0) is 4.57 Å². The largest absolute Gasteiger partial charge is 1.00 e. The van der Waals surface area contributed by atoms with Gasteiger partial charge in [-0.05, 0) is 0 Å². The van der Waals surface area contributed by atoms with E-state index in [0.717, 1.165) is 0 Å². The van der Waals surface area contributed by atoms with Gasteiger partial charge in [0.15, 0.2) is 0 Å². The fourth-order valence-electron chi connectivity index (χ4n) is 0. The van der Waals surface area contributed by atoms with Crippen molar-refractivity contribution in [1.29, 1.82) is 0 Å². The molecule has 0 N–H and O–H groups in total. The summed E-state index contributed by atoms with van der Waals surface area (Å²) in [6.07, 6.45) is 0. The third-order valence-electron chi connectivity index (χ3n) is 0. The van der Waals surface area contributed by atoms with E-state index >= 15 is 0 Å². The summed E-state index contributed by atoms with van der Waals surface area (Å²) in [5, 5.41) is 0. The van der Waals surface area contributed by atoms with Crippen molar-refractivity contribution >= 4 is 7.82 Å². The van der Waals surface area contributed by atoms with E-state index in [0.29, 0.717) is 0 Å². The number of hydrogen-bond donors (Lipinski definition) is 0. The van der Waals surface area contributed by atoms with Crippen LogP contribution in [0.4, 0.5) is 0 Å². The van der Waals surface area contributed by atoms with E-state index in [4.69, 9.17) is 19.2 Å². The number of rotatable bonds is 0. The monoisotopic (exact) mass is 180 g/mol.